The first-order valence-corrected chi connectivity index (χ1v) is 8.39. The van der Waals surface area contributed by atoms with Crippen molar-refractivity contribution in [2.75, 3.05) is 20.2 Å². The molecule has 0 radical (unpaired) electrons. The van der Waals surface area contributed by atoms with Crippen LogP contribution in [0.2, 0.25) is 0 Å². The SMILES string of the molecule is COc1ccccc1/C=C1/SC(N2CCC(C)CC2)=NC1=O. The molecule has 1 saturated heterocycles. The summed E-state index contributed by atoms with van der Waals surface area (Å²) in [6.07, 6.45) is 4.20. The third-order valence-electron chi connectivity index (χ3n) is 4.09. The molecule has 0 aliphatic carbocycles. The fourth-order valence-electron chi connectivity index (χ4n) is 2.66. The standard InChI is InChI=1S/C17H20N2O2S/c1-12-7-9-19(10-8-12)17-18-16(20)15(22-17)11-13-5-3-4-6-14(13)21-2/h3-6,11-12H,7-10H2,1-2H3/b15-11+. The fraction of sp³-hybridized carbons (Fsp3) is 0.412. The zero-order chi connectivity index (χ0) is 15.5. The van der Waals surface area contributed by atoms with Crippen LogP contribution in [-0.4, -0.2) is 36.2 Å². The Morgan fingerprint density at radius 3 is 2.77 bits per heavy atom. The Bertz CT molecular complexity index is 631. The van der Waals surface area contributed by atoms with E-state index in [1.165, 1.54) is 24.6 Å². The number of benzene rings is 1. The zero-order valence-corrected chi connectivity index (χ0v) is 13.7. The molecular formula is C17H20N2O2S. The van der Waals surface area contributed by atoms with Crippen LogP contribution < -0.4 is 4.74 Å². The average molecular weight is 316 g/mol. The van der Waals surface area contributed by atoms with Gasteiger partial charge in [0.25, 0.3) is 5.91 Å². The molecule has 0 spiro atoms. The minimum atomic E-state index is -0.149. The van der Waals surface area contributed by atoms with Crippen molar-refractivity contribution < 1.29 is 9.53 Å². The lowest BCUT2D eigenvalue weighted by Crippen LogP contribution is -2.35. The van der Waals surface area contributed by atoms with E-state index in [0.717, 1.165) is 35.5 Å². The minimum Gasteiger partial charge on any atom is -0.496 e. The van der Waals surface area contributed by atoms with Crippen LogP contribution in [0.1, 0.15) is 25.3 Å². The maximum Gasteiger partial charge on any atom is 0.286 e. The van der Waals surface area contributed by atoms with Gasteiger partial charge in [0.15, 0.2) is 5.17 Å². The third-order valence-corrected chi connectivity index (χ3v) is 5.13. The third kappa shape index (κ3) is 3.19. The first-order chi connectivity index (χ1) is 10.7. The molecule has 1 fully saturated rings. The van der Waals surface area contributed by atoms with Gasteiger partial charge in [0.2, 0.25) is 0 Å². The van der Waals surface area contributed by atoms with E-state index in [1.54, 1.807) is 7.11 Å². The van der Waals surface area contributed by atoms with Crippen molar-refractivity contribution >= 4 is 28.9 Å². The molecule has 1 amide bonds. The number of aliphatic imine (C=N–C) groups is 1. The van der Waals surface area contributed by atoms with Crippen molar-refractivity contribution in [2.24, 2.45) is 10.9 Å². The number of piperidine rings is 1. The van der Waals surface area contributed by atoms with E-state index in [1.807, 2.05) is 30.3 Å². The summed E-state index contributed by atoms with van der Waals surface area (Å²) in [5.74, 6) is 1.38. The number of nitrogens with zero attached hydrogens (tertiary/aromatic N) is 2. The van der Waals surface area contributed by atoms with Crippen molar-refractivity contribution in [2.45, 2.75) is 19.8 Å². The van der Waals surface area contributed by atoms with Gasteiger partial charge in [-0.3, -0.25) is 4.79 Å². The lowest BCUT2D eigenvalue weighted by atomic mass is 10.00. The highest BCUT2D eigenvalue weighted by Gasteiger charge is 2.28. The molecule has 0 unspecified atom stereocenters. The largest absolute Gasteiger partial charge is 0.496 e. The number of carbonyl (C=O) groups excluding carboxylic acids is 1. The molecule has 0 aromatic heterocycles. The topological polar surface area (TPSA) is 41.9 Å². The van der Waals surface area contributed by atoms with Gasteiger partial charge in [-0.2, -0.15) is 4.99 Å². The summed E-state index contributed by atoms with van der Waals surface area (Å²) < 4.78 is 5.33. The summed E-state index contributed by atoms with van der Waals surface area (Å²) in [7, 11) is 1.64. The van der Waals surface area contributed by atoms with E-state index >= 15 is 0 Å². The fourth-order valence-corrected chi connectivity index (χ4v) is 3.62. The number of hydrogen-bond acceptors (Lipinski definition) is 4. The molecule has 1 aromatic rings. The van der Waals surface area contributed by atoms with E-state index in [2.05, 4.69) is 16.8 Å². The van der Waals surface area contributed by atoms with E-state index in [-0.39, 0.29) is 5.91 Å². The maximum atomic E-state index is 12.2. The molecule has 4 nitrogen and oxygen atoms in total. The maximum absolute atomic E-state index is 12.2. The number of hydrogen-bond donors (Lipinski definition) is 0. The second-order valence-corrected chi connectivity index (χ2v) is 6.73. The number of amides is 1. The lowest BCUT2D eigenvalue weighted by molar-refractivity contribution is -0.113. The van der Waals surface area contributed by atoms with Crippen LogP contribution >= 0.6 is 11.8 Å². The molecule has 5 heteroatoms. The predicted octanol–water partition coefficient (Wildman–Crippen LogP) is 3.40. The van der Waals surface area contributed by atoms with Crippen LogP contribution in [0.15, 0.2) is 34.2 Å². The molecule has 0 bridgehead atoms. The van der Waals surface area contributed by atoms with E-state index in [0.29, 0.717) is 4.91 Å². The number of para-hydroxylation sites is 1. The van der Waals surface area contributed by atoms with Crippen LogP contribution in [-0.2, 0) is 4.79 Å². The number of carbonyl (C=O) groups is 1. The molecule has 2 aliphatic rings. The Kier molecular flexibility index (Phi) is 4.52. The second kappa shape index (κ2) is 6.57. The van der Waals surface area contributed by atoms with Gasteiger partial charge in [-0.05, 0) is 42.7 Å². The van der Waals surface area contributed by atoms with Gasteiger partial charge in [0.05, 0.1) is 12.0 Å². The van der Waals surface area contributed by atoms with Crippen molar-refractivity contribution in [3.05, 3.63) is 34.7 Å². The van der Waals surface area contributed by atoms with Crippen LogP contribution in [0.3, 0.4) is 0 Å². The number of rotatable bonds is 2. The number of likely N-dealkylation sites (tertiary alicyclic amines) is 1. The van der Waals surface area contributed by atoms with Gasteiger partial charge in [-0.15, -0.1) is 0 Å². The Morgan fingerprint density at radius 2 is 2.05 bits per heavy atom. The van der Waals surface area contributed by atoms with Crippen LogP contribution in [0.5, 0.6) is 5.75 Å². The number of methoxy groups -OCH3 is 1. The highest BCUT2D eigenvalue weighted by atomic mass is 32.2. The zero-order valence-electron chi connectivity index (χ0n) is 12.9. The first kappa shape index (κ1) is 15.2. The number of ether oxygens (including phenoxy) is 1. The molecule has 2 heterocycles. The van der Waals surface area contributed by atoms with Crippen LogP contribution in [0, 0.1) is 5.92 Å². The summed E-state index contributed by atoms with van der Waals surface area (Å²) in [5.41, 5.74) is 0.907. The summed E-state index contributed by atoms with van der Waals surface area (Å²) in [6, 6.07) is 7.69. The molecule has 3 rings (SSSR count). The lowest BCUT2D eigenvalue weighted by Gasteiger charge is -2.30. The minimum absolute atomic E-state index is 0.149. The van der Waals surface area contributed by atoms with E-state index < -0.39 is 0 Å². The summed E-state index contributed by atoms with van der Waals surface area (Å²) in [6.45, 7) is 4.25. The quantitative estimate of drug-likeness (QED) is 0.784. The first-order valence-electron chi connectivity index (χ1n) is 7.58. The van der Waals surface area contributed by atoms with E-state index in [9.17, 15) is 4.79 Å². The highest BCUT2D eigenvalue weighted by Crippen LogP contribution is 2.33. The number of amidine groups is 1. The summed E-state index contributed by atoms with van der Waals surface area (Å²) in [5, 5.41) is 0.845. The van der Waals surface area contributed by atoms with Crippen molar-refractivity contribution in [1.82, 2.24) is 4.90 Å². The number of thioether (sulfide) groups is 1. The smallest absolute Gasteiger partial charge is 0.286 e. The van der Waals surface area contributed by atoms with Gasteiger partial charge < -0.3 is 9.64 Å². The van der Waals surface area contributed by atoms with E-state index in [4.69, 9.17) is 4.74 Å². The van der Waals surface area contributed by atoms with Gasteiger partial charge in [-0.25, -0.2) is 0 Å². The Morgan fingerprint density at radius 1 is 1.32 bits per heavy atom. The van der Waals surface area contributed by atoms with Crippen molar-refractivity contribution in [3.8, 4) is 5.75 Å². The van der Waals surface area contributed by atoms with Crippen molar-refractivity contribution in [3.63, 3.8) is 0 Å². The molecule has 116 valence electrons. The average Bonchev–Trinajstić information content (AvgIpc) is 2.89. The van der Waals surface area contributed by atoms with Gasteiger partial charge in [0, 0.05) is 18.7 Å². The van der Waals surface area contributed by atoms with Gasteiger partial charge in [-0.1, -0.05) is 25.1 Å². The Hall–Kier alpha value is -1.75. The normalized spacial score (nSPS) is 21.4. The highest BCUT2D eigenvalue weighted by molar-refractivity contribution is 8.18. The van der Waals surface area contributed by atoms with Crippen molar-refractivity contribution in [1.29, 1.82) is 0 Å². The molecule has 0 saturated carbocycles. The molecule has 22 heavy (non-hydrogen) atoms. The summed E-state index contributed by atoms with van der Waals surface area (Å²) in [4.78, 5) is 19.3. The molecule has 0 atom stereocenters. The molecule has 1 aromatic carbocycles. The van der Waals surface area contributed by atoms with Gasteiger partial charge in [0.1, 0.15) is 5.75 Å². The summed E-state index contributed by atoms with van der Waals surface area (Å²) >= 11 is 1.47. The Labute approximate surface area is 135 Å². The molecular weight excluding hydrogens is 296 g/mol. The predicted molar refractivity (Wildman–Crippen MR) is 91.0 cm³/mol. The Balaban J connectivity index is 1.75. The van der Waals surface area contributed by atoms with Gasteiger partial charge >= 0.3 is 0 Å². The monoisotopic (exact) mass is 316 g/mol. The molecule has 2 aliphatic heterocycles. The van der Waals surface area contributed by atoms with Crippen LogP contribution in [0.25, 0.3) is 6.08 Å². The van der Waals surface area contributed by atoms with Crippen LogP contribution in [0.4, 0.5) is 0 Å². The second-order valence-electron chi connectivity index (χ2n) is 5.72. The molecule has 0 N–H and O–H groups in total.